The molecule has 0 aromatic heterocycles. The second kappa shape index (κ2) is 4.70. The van der Waals surface area contributed by atoms with Crippen molar-refractivity contribution in [3.05, 3.63) is 0 Å². The molecule has 18 heavy (non-hydrogen) atoms. The van der Waals surface area contributed by atoms with Gasteiger partial charge in [0.2, 0.25) is 0 Å². The lowest BCUT2D eigenvalue weighted by Crippen LogP contribution is -2.71. The van der Waals surface area contributed by atoms with Crippen molar-refractivity contribution in [1.82, 2.24) is 9.80 Å². The SMILES string of the molecule is CC(C)N1CC2CC(C1)N2C(=O)OC1CCOC1. The van der Waals surface area contributed by atoms with Crippen molar-refractivity contribution < 1.29 is 14.3 Å². The summed E-state index contributed by atoms with van der Waals surface area (Å²) in [4.78, 5) is 16.5. The van der Waals surface area contributed by atoms with Crippen LogP contribution in [0.3, 0.4) is 0 Å². The van der Waals surface area contributed by atoms with E-state index in [9.17, 15) is 4.79 Å². The molecule has 5 heteroatoms. The number of hydrogen-bond donors (Lipinski definition) is 0. The lowest BCUT2D eigenvalue weighted by Gasteiger charge is -2.56. The number of nitrogens with zero attached hydrogens (tertiary/aromatic N) is 2. The summed E-state index contributed by atoms with van der Waals surface area (Å²) in [7, 11) is 0. The van der Waals surface area contributed by atoms with Gasteiger partial charge in [0.25, 0.3) is 0 Å². The first kappa shape index (κ1) is 12.2. The Bertz CT molecular complexity index is 316. The fourth-order valence-electron chi connectivity index (χ4n) is 3.17. The van der Waals surface area contributed by atoms with Gasteiger partial charge in [-0.25, -0.2) is 4.79 Å². The highest BCUT2D eigenvalue weighted by molar-refractivity contribution is 5.70. The molecule has 0 spiro atoms. The molecule has 0 aromatic carbocycles. The van der Waals surface area contributed by atoms with Gasteiger partial charge in [0.1, 0.15) is 6.10 Å². The molecule has 102 valence electrons. The Morgan fingerprint density at radius 1 is 1.33 bits per heavy atom. The van der Waals surface area contributed by atoms with Crippen molar-refractivity contribution in [3.63, 3.8) is 0 Å². The Kier molecular flexibility index (Phi) is 3.20. The molecule has 3 unspecified atom stereocenters. The molecule has 0 aromatic rings. The number of carbonyl (C=O) groups is 1. The van der Waals surface area contributed by atoms with E-state index in [-0.39, 0.29) is 12.2 Å². The Hall–Kier alpha value is -0.810. The highest BCUT2D eigenvalue weighted by Gasteiger charge is 2.48. The third kappa shape index (κ3) is 2.10. The van der Waals surface area contributed by atoms with E-state index in [0.29, 0.717) is 31.3 Å². The lowest BCUT2D eigenvalue weighted by molar-refractivity contribution is -0.0745. The van der Waals surface area contributed by atoms with Crippen LogP contribution in [0.15, 0.2) is 0 Å². The molecule has 4 saturated heterocycles. The van der Waals surface area contributed by atoms with Crippen LogP contribution in [-0.4, -0.2) is 66.4 Å². The number of carbonyl (C=O) groups excluding carboxylic acids is 1. The first-order chi connectivity index (χ1) is 8.65. The maximum Gasteiger partial charge on any atom is 0.410 e. The van der Waals surface area contributed by atoms with Gasteiger partial charge in [0.15, 0.2) is 0 Å². The molecule has 0 N–H and O–H groups in total. The Balaban J connectivity index is 1.54. The Morgan fingerprint density at radius 3 is 2.61 bits per heavy atom. The standard InChI is InChI=1S/C13H22N2O3/c1-9(2)14-6-10-5-11(7-14)15(10)13(16)18-12-3-4-17-8-12/h9-12H,3-8H2,1-2H3. The zero-order valence-electron chi connectivity index (χ0n) is 11.2. The summed E-state index contributed by atoms with van der Waals surface area (Å²) in [5, 5.41) is 0. The molecule has 0 radical (unpaired) electrons. The summed E-state index contributed by atoms with van der Waals surface area (Å²) in [6, 6.07) is 1.29. The van der Waals surface area contributed by atoms with Crippen LogP contribution in [0.5, 0.6) is 0 Å². The summed E-state index contributed by atoms with van der Waals surface area (Å²) in [6.45, 7) is 7.68. The maximum absolute atomic E-state index is 12.1. The maximum atomic E-state index is 12.1. The van der Waals surface area contributed by atoms with Crippen molar-refractivity contribution in [2.45, 2.75) is 50.9 Å². The molecule has 5 nitrogen and oxygen atoms in total. The molecular weight excluding hydrogens is 232 g/mol. The first-order valence-corrected chi connectivity index (χ1v) is 6.96. The predicted octanol–water partition coefficient (Wildman–Crippen LogP) is 1.08. The van der Waals surface area contributed by atoms with E-state index in [2.05, 4.69) is 18.7 Å². The fourth-order valence-corrected chi connectivity index (χ4v) is 3.17. The average molecular weight is 254 g/mol. The van der Waals surface area contributed by atoms with Crippen LogP contribution in [0.4, 0.5) is 4.79 Å². The van der Waals surface area contributed by atoms with Gasteiger partial charge in [0, 0.05) is 25.6 Å². The zero-order valence-corrected chi connectivity index (χ0v) is 11.2. The number of fused-ring (bicyclic) bond motifs is 2. The van der Waals surface area contributed by atoms with E-state index in [1.54, 1.807) is 0 Å². The molecule has 1 amide bonds. The zero-order chi connectivity index (χ0) is 12.7. The summed E-state index contributed by atoms with van der Waals surface area (Å²) >= 11 is 0. The van der Waals surface area contributed by atoms with Gasteiger partial charge < -0.3 is 9.47 Å². The van der Waals surface area contributed by atoms with Crippen molar-refractivity contribution in [3.8, 4) is 0 Å². The van der Waals surface area contributed by atoms with E-state index in [4.69, 9.17) is 9.47 Å². The monoisotopic (exact) mass is 254 g/mol. The molecule has 2 bridgehead atoms. The molecule has 0 aliphatic carbocycles. The quantitative estimate of drug-likeness (QED) is 0.739. The normalized spacial score (nSPS) is 35.7. The number of piperidine rings is 1. The molecule has 4 heterocycles. The Labute approximate surface area is 108 Å². The molecule has 3 atom stereocenters. The van der Waals surface area contributed by atoms with E-state index in [0.717, 1.165) is 25.9 Å². The molecular formula is C13H22N2O3. The van der Waals surface area contributed by atoms with Crippen molar-refractivity contribution in [1.29, 1.82) is 0 Å². The number of piperazine rings is 1. The number of ether oxygens (including phenoxy) is 2. The first-order valence-electron chi connectivity index (χ1n) is 6.96. The van der Waals surface area contributed by atoms with Crippen LogP contribution >= 0.6 is 0 Å². The summed E-state index contributed by atoms with van der Waals surface area (Å²) in [5.41, 5.74) is 0. The third-order valence-corrected chi connectivity index (χ3v) is 4.32. The molecule has 4 fully saturated rings. The van der Waals surface area contributed by atoms with Crippen LogP contribution in [0.1, 0.15) is 26.7 Å². The van der Waals surface area contributed by atoms with Crippen LogP contribution in [0.2, 0.25) is 0 Å². The van der Waals surface area contributed by atoms with Gasteiger partial charge in [-0.05, 0) is 20.3 Å². The predicted molar refractivity (Wildman–Crippen MR) is 66.4 cm³/mol. The van der Waals surface area contributed by atoms with Crippen molar-refractivity contribution in [2.24, 2.45) is 0 Å². The molecule has 4 aliphatic heterocycles. The fraction of sp³-hybridized carbons (Fsp3) is 0.923. The number of amides is 1. The molecule has 4 aliphatic rings. The van der Waals surface area contributed by atoms with Gasteiger partial charge in [-0.1, -0.05) is 0 Å². The third-order valence-electron chi connectivity index (χ3n) is 4.32. The largest absolute Gasteiger partial charge is 0.444 e. The van der Waals surface area contributed by atoms with Gasteiger partial charge in [-0.3, -0.25) is 9.80 Å². The minimum Gasteiger partial charge on any atom is -0.444 e. The molecule has 4 rings (SSSR count). The Morgan fingerprint density at radius 2 is 2.06 bits per heavy atom. The van der Waals surface area contributed by atoms with E-state index in [1.807, 2.05) is 4.90 Å². The van der Waals surface area contributed by atoms with Crippen molar-refractivity contribution in [2.75, 3.05) is 26.3 Å². The van der Waals surface area contributed by atoms with Gasteiger partial charge in [0.05, 0.1) is 25.3 Å². The second-order valence-corrected chi connectivity index (χ2v) is 5.87. The van der Waals surface area contributed by atoms with E-state index in [1.165, 1.54) is 0 Å². The lowest BCUT2D eigenvalue weighted by atomic mass is 9.87. The highest BCUT2D eigenvalue weighted by atomic mass is 16.6. The van der Waals surface area contributed by atoms with Crippen LogP contribution in [0.25, 0.3) is 0 Å². The minimum absolute atomic E-state index is 0.0278. The summed E-state index contributed by atoms with van der Waals surface area (Å²) in [5.74, 6) is 0. The van der Waals surface area contributed by atoms with E-state index < -0.39 is 0 Å². The van der Waals surface area contributed by atoms with Crippen molar-refractivity contribution >= 4 is 6.09 Å². The smallest absolute Gasteiger partial charge is 0.410 e. The second-order valence-electron chi connectivity index (χ2n) is 5.87. The van der Waals surface area contributed by atoms with Crippen LogP contribution in [0, 0.1) is 0 Å². The highest BCUT2D eigenvalue weighted by Crippen LogP contribution is 2.34. The summed E-state index contributed by atoms with van der Waals surface area (Å²) < 4.78 is 10.7. The average Bonchev–Trinajstić information content (AvgIpc) is 2.81. The van der Waals surface area contributed by atoms with Gasteiger partial charge >= 0.3 is 6.09 Å². The van der Waals surface area contributed by atoms with Gasteiger partial charge in [-0.2, -0.15) is 0 Å². The topological polar surface area (TPSA) is 42.0 Å². The number of rotatable bonds is 2. The minimum atomic E-state index is -0.129. The van der Waals surface area contributed by atoms with Crippen LogP contribution in [-0.2, 0) is 9.47 Å². The number of hydrogen-bond acceptors (Lipinski definition) is 4. The van der Waals surface area contributed by atoms with Crippen LogP contribution < -0.4 is 0 Å². The summed E-state index contributed by atoms with van der Waals surface area (Å²) in [6.07, 6.45) is 1.82. The molecule has 0 saturated carbocycles. The van der Waals surface area contributed by atoms with E-state index >= 15 is 0 Å². The van der Waals surface area contributed by atoms with Gasteiger partial charge in [-0.15, -0.1) is 0 Å².